The lowest BCUT2D eigenvalue weighted by Gasteiger charge is -2.26. The lowest BCUT2D eigenvalue weighted by atomic mass is 9.81. The molecule has 1 N–H and O–H groups in total. The predicted molar refractivity (Wildman–Crippen MR) is 81.6 cm³/mol. The van der Waals surface area contributed by atoms with Gasteiger partial charge in [0.1, 0.15) is 0 Å². The van der Waals surface area contributed by atoms with E-state index < -0.39 is 0 Å². The predicted octanol–water partition coefficient (Wildman–Crippen LogP) is 4.76. The van der Waals surface area contributed by atoms with Gasteiger partial charge in [-0.1, -0.05) is 54.2 Å². The lowest BCUT2D eigenvalue weighted by Crippen LogP contribution is -2.21. The summed E-state index contributed by atoms with van der Waals surface area (Å²) in [6.07, 6.45) is 7.13. The first-order chi connectivity index (χ1) is 8.74. The van der Waals surface area contributed by atoms with Crippen LogP contribution in [0.25, 0.3) is 0 Å². The van der Waals surface area contributed by atoms with Crippen molar-refractivity contribution >= 4 is 15.9 Å². The lowest BCUT2D eigenvalue weighted by molar-refractivity contribution is 0.267. The standard InChI is InChI=1S/C16H24BrN/c1-13-3-2-4-14(11-13)9-10-18-12-15-5-7-16(17)8-6-15/h5-8,13-14,18H,2-4,9-12H2,1H3. The molecule has 0 aromatic heterocycles. The maximum absolute atomic E-state index is 3.57. The van der Waals surface area contributed by atoms with E-state index in [2.05, 4.69) is 52.4 Å². The zero-order valence-corrected chi connectivity index (χ0v) is 12.9. The van der Waals surface area contributed by atoms with E-state index in [0.717, 1.165) is 29.4 Å². The zero-order chi connectivity index (χ0) is 12.8. The van der Waals surface area contributed by atoms with Crippen LogP contribution in [0.2, 0.25) is 0 Å². The van der Waals surface area contributed by atoms with Crippen molar-refractivity contribution in [3.8, 4) is 0 Å². The van der Waals surface area contributed by atoms with Gasteiger partial charge in [0.15, 0.2) is 0 Å². The highest BCUT2D eigenvalue weighted by Gasteiger charge is 2.17. The van der Waals surface area contributed by atoms with Gasteiger partial charge in [-0.25, -0.2) is 0 Å². The molecular formula is C16H24BrN. The van der Waals surface area contributed by atoms with Crippen LogP contribution in [0.1, 0.15) is 44.6 Å². The molecule has 0 aliphatic heterocycles. The van der Waals surface area contributed by atoms with Crippen LogP contribution in [0.4, 0.5) is 0 Å². The second-order valence-electron chi connectivity index (χ2n) is 5.73. The summed E-state index contributed by atoms with van der Waals surface area (Å²) in [6.45, 7) is 4.56. The van der Waals surface area contributed by atoms with Crippen LogP contribution in [-0.4, -0.2) is 6.54 Å². The Balaban J connectivity index is 1.62. The third-order valence-electron chi connectivity index (χ3n) is 4.02. The second kappa shape index (κ2) is 7.30. The average Bonchev–Trinajstić information content (AvgIpc) is 2.37. The molecule has 18 heavy (non-hydrogen) atoms. The molecule has 0 radical (unpaired) electrons. The van der Waals surface area contributed by atoms with Gasteiger partial charge in [-0.3, -0.25) is 0 Å². The number of hydrogen-bond acceptors (Lipinski definition) is 1. The van der Waals surface area contributed by atoms with Crippen molar-refractivity contribution in [3.05, 3.63) is 34.3 Å². The first-order valence-corrected chi connectivity index (χ1v) is 7.98. The number of rotatable bonds is 5. The molecule has 0 heterocycles. The van der Waals surface area contributed by atoms with Gasteiger partial charge in [0.25, 0.3) is 0 Å². The molecule has 1 aromatic rings. The highest BCUT2D eigenvalue weighted by Crippen LogP contribution is 2.30. The van der Waals surface area contributed by atoms with Crippen LogP contribution in [0.5, 0.6) is 0 Å². The molecule has 0 amide bonds. The molecular weight excluding hydrogens is 286 g/mol. The Kier molecular flexibility index (Phi) is 5.71. The fourth-order valence-corrected chi connectivity index (χ4v) is 3.23. The van der Waals surface area contributed by atoms with Crippen molar-refractivity contribution in [1.29, 1.82) is 0 Å². The summed E-state index contributed by atoms with van der Waals surface area (Å²) in [6, 6.07) is 8.58. The Hall–Kier alpha value is -0.340. The topological polar surface area (TPSA) is 12.0 Å². The van der Waals surface area contributed by atoms with Crippen molar-refractivity contribution in [2.24, 2.45) is 11.8 Å². The van der Waals surface area contributed by atoms with Crippen LogP contribution in [-0.2, 0) is 6.54 Å². The third kappa shape index (κ3) is 4.74. The van der Waals surface area contributed by atoms with Gasteiger partial charge in [-0.05, 0) is 48.9 Å². The largest absolute Gasteiger partial charge is 0.313 e. The fraction of sp³-hybridized carbons (Fsp3) is 0.625. The summed E-state index contributed by atoms with van der Waals surface area (Å²) in [7, 11) is 0. The van der Waals surface area contributed by atoms with Crippen LogP contribution in [0.15, 0.2) is 28.7 Å². The van der Waals surface area contributed by atoms with Gasteiger partial charge >= 0.3 is 0 Å². The van der Waals surface area contributed by atoms with E-state index in [4.69, 9.17) is 0 Å². The molecule has 2 atom stereocenters. The summed E-state index contributed by atoms with van der Waals surface area (Å²) in [5.74, 6) is 1.92. The van der Waals surface area contributed by atoms with Crippen LogP contribution < -0.4 is 5.32 Å². The van der Waals surface area contributed by atoms with Crippen molar-refractivity contribution in [2.45, 2.75) is 45.6 Å². The van der Waals surface area contributed by atoms with Crippen molar-refractivity contribution in [3.63, 3.8) is 0 Å². The summed E-state index contributed by atoms with van der Waals surface area (Å²) in [5, 5.41) is 3.57. The van der Waals surface area contributed by atoms with E-state index in [1.807, 2.05) is 0 Å². The Morgan fingerprint density at radius 2 is 2.00 bits per heavy atom. The highest BCUT2D eigenvalue weighted by molar-refractivity contribution is 9.10. The number of benzene rings is 1. The second-order valence-corrected chi connectivity index (χ2v) is 6.65. The van der Waals surface area contributed by atoms with Gasteiger partial charge in [0, 0.05) is 11.0 Å². The van der Waals surface area contributed by atoms with Crippen LogP contribution >= 0.6 is 15.9 Å². The first kappa shape index (κ1) is 14.1. The first-order valence-electron chi connectivity index (χ1n) is 7.19. The molecule has 2 rings (SSSR count). The van der Waals surface area contributed by atoms with Crippen LogP contribution in [0, 0.1) is 11.8 Å². The molecule has 2 unspecified atom stereocenters. The minimum atomic E-state index is 0.954. The van der Waals surface area contributed by atoms with E-state index in [1.165, 1.54) is 37.7 Å². The average molecular weight is 310 g/mol. The normalized spacial score (nSPS) is 24.1. The monoisotopic (exact) mass is 309 g/mol. The van der Waals surface area contributed by atoms with Gasteiger partial charge in [-0.2, -0.15) is 0 Å². The quantitative estimate of drug-likeness (QED) is 0.774. The van der Waals surface area contributed by atoms with Crippen LogP contribution in [0.3, 0.4) is 0 Å². The SMILES string of the molecule is CC1CCCC(CCNCc2ccc(Br)cc2)C1. The van der Waals surface area contributed by atoms with Crippen molar-refractivity contribution in [1.82, 2.24) is 5.32 Å². The zero-order valence-electron chi connectivity index (χ0n) is 11.3. The highest BCUT2D eigenvalue weighted by atomic mass is 79.9. The minimum absolute atomic E-state index is 0.954. The van der Waals surface area contributed by atoms with Crippen molar-refractivity contribution in [2.75, 3.05) is 6.54 Å². The van der Waals surface area contributed by atoms with Gasteiger partial charge < -0.3 is 5.32 Å². The smallest absolute Gasteiger partial charge is 0.0205 e. The summed E-state index contributed by atoms with van der Waals surface area (Å²) < 4.78 is 1.16. The maximum atomic E-state index is 3.57. The van der Waals surface area contributed by atoms with Gasteiger partial charge in [0.2, 0.25) is 0 Å². The van der Waals surface area contributed by atoms with E-state index in [9.17, 15) is 0 Å². The number of halogens is 1. The van der Waals surface area contributed by atoms with E-state index in [1.54, 1.807) is 0 Å². The van der Waals surface area contributed by atoms with Gasteiger partial charge in [0.05, 0.1) is 0 Å². The third-order valence-corrected chi connectivity index (χ3v) is 4.55. The molecule has 1 aliphatic rings. The van der Waals surface area contributed by atoms with Crippen molar-refractivity contribution < 1.29 is 0 Å². The minimum Gasteiger partial charge on any atom is -0.313 e. The Bertz CT molecular complexity index is 347. The summed E-state index contributed by atoms with van der Waals surface area (Å²) in [5.41, 5.74) is 1.37. The van der Waals surface area contributed by atoms with E-state index >= 15 is 0 Å². The summed E-state index contributed by atoms with van der Waals surface area (Å²) in [4.78, 5) is 0. The van der Waals surface area contributed by atoms with E-state index in [0.29, 0.717) is 0 Å². The van der Waals surface area contributed by atoms with E-state index in [-0.39, 0.29) is 0 Å². The van der Waals surface area contributed by atoms with Gasteiger partial charge in [-0.15, -0.1) is 0 Å². The molecule has 1 aromatic carbocycles. The fourth-order valence-electron chi connectivity index (χ4n) is 2.96. The maximum Gasteiger partial charge on any atom is 0.0205 e. The molecule has 2 heteroatoms. The Labute approximate surface area is 119 Å². The summed E-state index contributed by atoms with van der Waals surface area (Å²) >= 11 is 3.46. The molecule has 0 spiro atoms. The molecule has 1 saturated carbocycles. The molecule has 100 valence electrons. The molecule has 0 bridgehead atoms. The molecule has 1 aliphatic carbocycles. The number of nitrogens with one attached hydrogen (secondary N) is 1. The Morgan fingerprint density at radius 1 is 1.22 bits per heavy atom. The molecule has 0 saturated heterocycles. The molecule has 1 nitrogen and oxygen atoms in total. The number of hydrogen-bond donors (Lipinski definition) is 1. The molecule has 1 fully saturated rings. The Morgan fingerprint density at radius 3 is 2.72 bits per heavy atom.